The van der Waals surface area contributed by atoms with Crippen LogP contribution in [0.2, 0.25) is 5.02 Å². The van der Waals surface area contributed by atoms with Crippen LogP contribution in [-0.2, 0) is 0 Å². The minimum Gasteiger partial charge on any atom is -0.345 e. The molecule has 0 radical (unpaired) electrons. The van der Waals surface area contributed by atoms with Gasteiger partial charge in [-0.15, -0.1) is 0 Å². The summed E-state index contributed by atoms with van der Waals surface area (Å²) >= 11 is 9.14. The van der Waals surface area contributed by atoms with Crippen LogP contribution in [0, 0.1) is 0 Å². The predicted octanol–water partition coefficient (Wildman–Crippen LogP) is 4.38. The van der Waals surface area contributed by atoms with E-state index in [4.69, 9.17) is 11.6 Å². The van der Waals surface area contributed by atoms with Gasteiger partial charge in [-0.2, -0.15) is 0 Å². The van der Waals surface area contributed by atoms with Crippen LogP contribution in [0.15, 0.2) is 47.2 Å². The van der Waals surface area contributed by atoms with Crippen molar-refractivity contribution in [2.75, 3.05) is 0 Å². The molecule has 0 aliphatic carbocycles. The van der Waals surface area contributed by atoms with E-state index in [1.54, 1.807) is 18.3 Å². The number of carbonyl (C=O) groups is 1. The second-order valence-electron chi connectivity index (χ2n) is 4.35. The summed E-state index contributed by atoms with van der Waals surface area (Å²) in [6.07, 6.45) is 2.40. The molecule has 1 amide bonds. The topological polar surface area (TPSA) is 42.0 Å². The van der Waals surface area contributed by atoms with E-state index in [9.17, 15) is 4.79 Å². The summed E-state index contributed by atoms with van der Waals surface area (Å²) in [4.78, 5) is 16.2. The van der Waals surface area contributed by atoms with Gasteiger partial charge in [0.25, 0.3) is 5.91 Å². The van der Waals surface area contributed by atoms with Gasteiger partial charge < -0.3 is 5.32 Å². The van der Waals surface area contributed by atoms with Crippen molar-refractivity contribution in [1.29, 1.82) is 0 Å². The summed E-state index contributed by atoms with van der Waals surface area (Å²) in [6, 6.07) is 10.9. The lowest BCUT2D eigenvalue weighted by Crippen LogP contribution is -2.28. The number of benzene rings is 1. The van der Waals surface area contributed by atoms with E-state index in [-0.39, 0.29) is 11.9 Å². The highest BCUT2D eigenvalue weighted by molar-refractivity contribution is 9.10. The molecule has 1 heterocycles. The van der Waals surface area contributed by atoms with E-state index in [0.29, 0.717) is 15.2 Å². The van der Waals surface area contributed by atoms with Gasteiger partial charge in [0.05, 0.1) is 6.04 Å². The Kier molecular flexibility index (Phi) is 5.15. The summed E-state index contributed by atoms with van der Waals surface area (Å²) in [5, 5.41) is 3.70. The third-order valence-electron chi connectivity index (χ3n) is 2.97. The highest BCUT2D eigenvalue weighted by Gasteiger charge is 2.14. The van der Waals surface area contributed by atoms with Gasteiger partial charge in [0.15, 0.2) is 0 Å². The maximum atomic E-state index is 12.2. The largest absolute Gasteiger partial charge is 0.345 e. The van der Waals surface area contributed by atoms with E-state index in [1.165, 1.54) is 0 Å². The maximum absolute atomic E-state index is 12.2. The molecular formula is C15H14BrClN2O. The molecule has 0 saturated heterocycles. The number of rotatable bonds is 4. The Balaban J connectivity index is 2.14. The molecule has 0 aliphatic rings. The molecule has 2 rings (SSSR count). The fraction of sp³-hybridized carbons (Fsp3) is 0.200. The monoisotopic (exact) mass is 352 g/mol. The second-order valence-corrected chi connectivity index (χ2v) is 5.60. The number of pyridine rings is 1. The Bertz CT molecular complexity index is 601. The zero-order valence-corrected chi connectivity index (χ0v) is 13.3. The first-order chi connectivity index (χ1) is 9.60. The van der Waals surface area contributed by atoms with Crippen molar-refractivity contribution < 1.29 is 4.79 Å². The first-order valence-electron chi connectivity index (χ1n) is 6.28. The van der Waals surface area contributed by atoms with Crippen molar-refractivity contribution in [3.63, 3.8) is 0 Å². The molecule has 1 unspecified atom stereocenters. The number of carbonyl (C=O) groups excluding carboxylic acids is 1. The Hall–Kier alpha value is -1.39. The number of amides is 1. The molecule has 1 N–H and O–H groups in total. The standard InChI is InChI=1S/C15H14BrClN2O/c1-2-13(10-3-5-12(17)6-4-10)19-15(20)11-7-8-18-14(16)9-11/h3-9,13H,2H2,1H3,(H,19,20). The van der Waals surface area contributed by atoms with Crippen molar-refractivity contribution in [3.05, 3.63) is 63.3 Å². The summed E-state index contributed by atoms with van der Waals surface area (Å²) in [5.41, 5.74) is 1.62. The SMILES string of the molecule is CCC(NC(=O)c1ccnc(Br)c1)c1ccc(Cl)cc1. The Labute approximate surface area is 131 Å². The van der Waals surface area contributed by atoms with Gasteiger partial charge in [-0.25, -0.2) is 4.98 Å². The quantitative estimate of drug-likeness (QED) is 0.829. The number of hydrogen-bond donors (Lipinski definition) is 1. The smallest absolute Gasteiger partial charge is 0.251 e. The van der Waals surface area contributed by atoms with Crippen molar-refractivity contribution in [2.24, 2.45) is 0 Å². The van der Waals surface area contributed by atoms with Crippen molar-refractivity contribution in [2.45, 2.75) is 19.4 Å². The van der Waals surface area contributed by atoms with Gasteiger partial charge in [0.1, 0.15) is 4.60 Å². The number of nitrogens with one attached hydrogen (secondary N) is 1. The Morgan fingerprint density at radius 2 is 2.05 bits per heavy atom. The molecule has 0 aliphatic heterocycles. The molecule has 2 aromatic rings. The van der Waals surface area contributed by atoms with Gasteiger partial charge >= 0.3 is 0 Å². The zero-order chi connectivity index (χ0) is 14.5. The van der Waals surface area contributed by atoms with Gasteiger partial charge in [-0.1, -0.05) is 30.7 Å². The second kappa shape index (κ2) is 6.86. The molecule has 1 aromatic heterocycles. The highest BCUT2D eigenvalue weighted by Crippen LogP contribution is 2.20. The van der Waals surface area contributed by atoms with Crippen LogP contribution in [0.5, 0.6) is 0 Å². The molecule has 0 fully saturated rings. The Morgan fingerprint density at radius 1 is 1.35 bits per heavy atom. The van der Waals surface area contributed by atoms with E-state index >= 15 is 0 Å². The van der Waals surface area contributed by atoms with Crippen LogP contribution in [0.3, 0.4) is 0 Å². The van der Waals surface area contributed by atoms with Crippen molar-refractivity contribution in [3.8, 4) is 0 Å². The van der Waals surface area contributed by atoms with Gasteiger partial charge in [-0.3, -0.25) is 4.79 Å². The lowest BCUT2D eigenvalue weighted by Gasteiger charge is -2.17. The number of halogens is 2. The molecule has 3 nitrogen and oxygen atoms in total. The minimum atomic E-state index is -0.116. The summed E-state index contributed by atoms with van der Waals surface area (Å²) < 4.78 is 0.643. The molecule has 1 aromatic carbocycles. The average molecular weight is 354 g/mol. The van der Waals surface area contributed by atoms with E-state index < -0.39 is 0 Å². The fourth-order valence-electron chi connectivity index (χ4n) is 1.90. The predicted molar refractivity (Wildman–Crippen MR) is 83.9 cm³/mol. The number of nitrogens with zero attached hydrogens (tertiary/aromatic N) is 1. The minimum absolute atomic E-state index is 0.0355. The van der Waals surface area contributed by atoms with Crippen LogP contribution in [0.1, 0.15) is 35.3 Å². The van der Waals surface area contributed by atoms with Gasteiger partial charge in [0, 0.05) is 16.8 Å². The summed E-state index contributed by atoms with van der Waals surface area (Å²) in [5.74, 6) is -0.116. The van der Waals surface area contributed by atoms with Crippen molar-refractivity contribution in [1.82, 2.24) is 10.3 Å². The van der Waals surface area contributed by atoms with Crippen LogP contribution in [0.4, 0.5) is 0 Å². The van der Waals surface area contributed by atoms with E-state index in [0.717, 1.165) is 12.0 Å². The lowest BCUT2D eigenvalue weighted by atomic mass is 10.0. The van der Waals surface area contributed by atoms with Crippen molar-refractivity contribution >= 4 is 33.4 Å². The summed E-state index contributed by atoms with van der Waals surface area (Å²) in [7, 11) is 0. The normalized spacial score (nSPS) is 11.9. The van der Waals surface area contributed by atoms with E-state index in [1.807, 2.05) is 31.2 Å². The van der Waals surface area contributed by atoms with E-state index in [2.05, 4.69) is 26.2 Å². The van der Waals surface area contributed by atoms with Crippen LogP contribution < -0.4 is 5.32 Å². The molecule has 0 bridgehead atoms. The third kappa shape index (κ3) is 3.81. The molecule has 0 saturated carbocycles. The molecular weight excluding hydrogens is 340 g/mol. The van der Waals surface area contributed by atoms with Crippen LogP contribution in [-0.4, -0.2) is 10.9 Å². The maximum Gasteiger partial charge on any atom is 0.251 e. The number of aromatic nitrogens is 1. The first kappa shape index (κ1) is 15.0. The molecule has 5 heteroatoms. The average Bonchev–Trinajstić information content (AvgIpc) is 2.45. The van der Waals surface area contributed by atoms with Gasteiger partial charge in [0.2, 0.25) is 0 Å². The first-order valence-corrected chi connectivity index (χ1v) is 7.45. The third-order valence-corrected chi connectivity index (χ3v) is 3.66. The fourth-order valence-corrected chi connectivity index (χ4v) is 2.39. The molecule has 20 heavy (non-hydrogen) atoms. The van der Waals surface area contributed by atoms with Gasteiger partial charge in [-0.05, 0) is 52.2 Å². The van der Waals surface area contributed by atoms with Crippen LogP contribution >= 0.6 is 27.5 Å². The Morgan fingerprint density at radius 3 is 2.65 bits per heavy atom. The highest BCUT2D eigenvalue weighted by atomic mass is 79.9. The number of hydrogen-bond acceptors (Lipinski definition) is 2. The summed E-state index contributed by atoms with van der Waals surface area (Å²) in [6.45, 7) is 2.03. The molecule has 1 atom stereocenters. The molecule has 0 spiro atoms. The van der Waals surface area contributed by atoms with Crippen LogP contribution in [0.25, 0.3) is 0 Å². The zero-order valence-electron chi connectivity index (χ0n) is 10.9. The molecule has 104 valence electrons. The lowest BCUT2D eigenvalue weighted by molar-refractivity contribution is 0.0935.